The summed E-state index contributed by atoms with van der Waals surface area (Å²) in [5.74, 6) is -1.98. The third-order valence-electron chi connectivity index (χ3n) is 8.60. The molecule has 4 aliphatic rings. The predicted octanol–water partition coefficient (Wildman–Crippen LogP) is 2.40. The van der Waals surface area contributed by atoms with Crippen LogP contribution in [0.3, 0.4) is 0 Å². The van der Waals surface area contributed by atoms with Gasteiger partial charge in [-0.25, -0.2) is 9.69 Å². The first-order chi connectivity index (χ1) is 23.6. The van der Waals surface area contributed by atoms with E-state index >= 15 is 0 Å². The van der Waals surface area contributed by atoms with E-state index in [0.717, 1.165) is 16.0 Å². The number of carbonyl (C=O) groups excluding carboxylic acids is 4. The number of carbonyl (C=O) groups is 4. The molecule has 0 N–H and O–H groups in total. The van der Waals surface area contributed by atoms with Crippen molar-refractivity contribution in [1.82, 2.24) is 4.90 Å². The van der Waals surface area contributed by atoms with E-state index in [4.69, 9.17) is 47.4 Å². The molecule has 49 heavy (non-hydrogen) atoms. The first kappa shape index (κ1) is 34.9. The fraction of sp³-hybridized carbons (Fsp3) is 0.529. The van der Waals surface area contributed by atoms with Crippen molar-refractivity contribution in [2.45, 2.75) is 95.0 Å². The fourth-order valence-electron chi connectivity index (χ4n) is 6.48. The number of ether oxygens (including phenoxy) is 10. The fourth-order valence-corrected chi connectivity index (χ4v) is 6.48. The van der Waals surface area contributed by atoms with Gasteiger partial charge in [-0.2, -0.15) is 0 Å². The van der Waals surface area contributed by atoms with Crippen LogP contribution >= 0.6 is 0 Å². The SMILES string of the molecule is CO[C@@H]1O[C@@H]2CO[C@@H](c3ccccc3)O[C@H]2[C@H](O[C@@H]2O[C@H](COC(C)=O)[C@@H](OC(C)=O)[C@@H]3OC(=O)N(C(C)=O)[C@@H]23)[C@H]1OCc1ccccc1. The molecule has 2 amide bonds. The van der Waals surface area contributed by atoms with Gasteiger partial charge in [0.15, 0.2) is 31.1 Å². The second-order valence-corrected chi connectivity index (χ2v) is 12.0. The van der Waals surface area contributed by atoms with Gasteiger partial charge in [0.05, 0.1) is 13.2 Å². The van der Waals surface area contributed by atoms with Crippen LogP contribution in [0.2, 0.25) is 0 Å². The number of rotatable bonds is 10. The summed E-state index contributed by atoms with van der Waals surface area (Å²) < 4.78 is 60.5. The molecule has 0 unspecified atom stereocenters. The summed E-state index contributed by atoms with van der Waals surface area (Å²) >= 11 is 0. The Bertz CT molecular complexity index is 1470. The monoisotopic (exact) mass is 685 g/mol. The lowest BCUT2D eigenvalue weighted by molar-refractivity contribution is -0.389. The Labute approximate surface area is 282 Å². The lowest BCUT2D eigenvalue weighted by atomic mass is 9.94. The zero-order chi connectivity index (χ0) is 34.7. The summed E-state index contributed by atoms with van der Waals surface area (Å²) in [5.41, 5.74) is 1.62. The van der Waals surface area contributed by atoms with Crippen molar-refractivity contribution in [2.24, 2.45) is 0 Å². The molecule has 0 radical (unpaired) electrons. The maximum Gasteiger partial charge on any atom is 0.417 e. The molecule has 2 aromatic rings. The minimum atomic E-state index is -1.40. The van der Waals surface area contributed by atoms with Crippen LogP contribution in [0.25, 0.3) is 0 Å². The summed E-state index contributed by atoms with van der Waals surface area (Å²) in [6.45, 7) is 3.46. The second-order valence-electron chi connectivity index (χ2n) is 12.0. The number of fused-ring (bicyclic) bond motifs is 2. The molecule has 4 aliphatic heterocycles. The van der Waals surface area contributed by atoms with Crippen LogP contribution in [0, 0.1) is 0 Å². The van der Waals surface area contributed by atoms with Crippen LogP contribution in [-0.4, -0.2) is 111 Å². The number of esters is 2. The molecular formula is C34H39NO14. The van der Waals surface area contributed by atoms with Crippen molar-refractivity contribution in [3.05, 3.63) is 71.8 Å². The average Bonchev–Trinajstić information content (AvgIpc) is 3.45. The van der Waals surface area contributed by atoms with E-state index < -0.39 is 91.6 Å². The average molecular weight is 686 g/mol. The van der Waals surface area contributed by atoms with E-state index in [9.17, 15) is 19.2 Å². The number of hydrogen-bond acceptors (Lipinski definition) is 14. The molecule has 264 valence electrons. The lowest BCUT2D eigenvalue weighted by Crippen LogP contribution is -2.68. The van der Waals surface area contributed by atoms with Crippen LogP contribution in [0.5, 0.6) is 0 Å². The Kier molecular flexibility index (Phi) is 10.9. The molecule has 2 aromatic carbocycles. The van der Waals surface area contributed by atoms with Gasteiger partial charge < -0.3 is 47.4 Å². The Balaban J connectivity index is 1.37. The van der Waals surface area contributed by atoms with Crippen LogP contribution in [0.1, 0.15) is 38.2 Å². The lowest BCUT2D eigenvalue weighted by Gasteiger charge is -2.51. The molecule has 0 bridgehead atoms. The van der Waals surface area contributed by atoms with Crippen molar-refractivity contribution in [3.8, 4) is 0 Å². The van der Waals surface area contributed by atoms with E-state index in [0.29, 0.717) is 0 Å². The number of hydrogen-bond donors (Lipinski definition) is 0. The Morgan fingerprint density at radius 1 is 0.837 bits per heavy atom. The van der Waals surface area contributed by atoms with Crippen molar-refractivity contribution in [1.29, 1.82) is 0 Å². The Morgan fingerprint density at radius 3 is 2.20 bits per heavy atom. The van der Waals surface area contributed by atoms with Gasteiger partial charge in [-0.15, -0.1) is 0 Å². The van der Waals surface area contributed by atoms with Crippen LogP contribution in [0.4, 0.5) is 4.79 Å². The summed E-state index contributed by atoms with van der Waals surface area (Å²) in [6.07, 6.45) is -11.2. The van der Waals surface area contributed by atoms with E-state index in [-0.39, 0.29) is 19.8 Å². The number of amides is 2. The largest absolute Gasteiger partial charge is 0.463 e. The molecule has 0 saturated carbocycles. The third-order valence-corrected chi connectivity index (χ3v) is 8.60. The normalized spacial score (nSPS) is 33.9. The van der Waals surface area contributed by atoms with Gasteiger partial charge in [0, 0.05) is 33.4 Å². The van der Waals surface area contributed by atoms with Gasteiger partial charge in [0.25, 0.3) is 0 Å². The van der Waals surface area contributed by atoms with E-state index in [1.54, 1.807) is 0 Å². The second kappa shape index (κ2) is 15.3. The maximum absolute atomic E-state index is 13.1. The maximum atomic E-state index is 13.1. The van der Waals surface area contributed by atoms with Gasteiger partial charge >= 0.3 is 18.0 Å². The highest BCUT2D eigenvalue weighted by Gasteiger charge is 2.62. The Morgan fingerprint density at radius 2 is 1.55 bits per heavy atom. The summed E-state index contributed by atoms with van der Waals surface area (Å²) in [5, 5.41) is 0. The molecular weight excluding hydrogens is 646 g/mol. The van der Waals surface area contributed by atoms with E-state index in [1.807, 2.05) is 60.7 Å². The van der Waals surface area contributed by atoms with Gasteiger partial charge in [-0.05, 0) is 5.56 Å². The minimum Gasteiger partial charge on any atom is -0.463 e. The molecule has 0 aromatic heterocycles. The molecule has 15 heteroatoms. The predicted molar refractivity (Wildman–Crippen MR) is 163 cm³/mol. The van der Waals surface area contributed by atoms with Crippen LogP contribution in [0.15, 0.2) is 60.7 Å². The van der Waals surface area contributed by atoms with Gasteiger partial charge in [-0.3, -0.25) is 14.4 Å². The number of nitrogens with zero attached hydrogens (tertiary/aromatic N) is 1. The molecule has 15 nitrogen and oxygen atoms in total. The quantitative estimate of drug-likeness (QED) is 0.265. The Hall–Kier alpha value is -3.96. The van der Waals surface area contributed by atoms with Crippen LogP contribution < -0.4 is 0 Å². The number of imide groups is 1. The highest BCUT2D eigenvalue weighted by Crippen LogP contribution is 2.41. The van der Waals surface area contributed by atoms with Gasteiger partial charge in [0.1, 0.15) is 43.2 Å². The molecule has 6 rings (SSSR count). The summed E-state index contributed by atoms with van der Waals surface area (Å²) in [6, 6.07) is 17.6. The molecule has 4 fully saturated rings. The third kappa shape index (κ3) is 7.62. The first-order valence-corrected chi connectivity index (χ1v) is 15.9. The molecule has 4 saturated heterocycles. The van der Waals surface area contributed by atoms with Crippen molar-refractivity contribution in [3.63, 3.8) is 0 Å². The van der Waals surface area contributed by atoms with Gasteiger partial charge in [-0.1, -0.05) is 60.7 Å². The van der Waals surface area contributed by atoms with Crippen molar-refractivity contribution < 1.29 is 66.5 Å². The molecule has 4 heterocycles. The topological polar surface area (TPSA) is 164 Å². The first-order valence-electron chi connectivity index (χ1n) is 15.9. The van der Waals surface area contributed by atoms with Crippen molar-refractivity contribution in [2.75, 3.05) is 20.3 Å². The standard InChI is InChI=1S/C34H39NO14/c1-18(36)35-25-28(49-34(35)39)26(44-20(3)38)23(16-41-19(2)37)45-32(25)48-29-27-24(17-43-31(47-27)22-13-9-6-10-14-22)46-33(40-4)30(29)42-15-21-11-7-5-8-12-21/h5-14,23-33H,15-17H2,1-4H3/t23-,24-,25-,26-,27-,28-,29+,30-,31-,32+,33-/m1/s1. The smallest absolute Gasteiger partial charge is 0.417 e. The number of benzene rings is 2. The van der Waals surface area contributed by atoms with Crippen molar-refractivity contribution >= 4 is 23.9 Å². The van der Waals surface area contributed by atoms with E-state index in [2.05, 4.69) is 0 Å². The highest BCUT2D eigenvalue weighted by atomic mass is 16.8. The summed E-state index contributed by atoms with van der Waals surface area (Å²) in [4.78, 5) is 50.8. The molecule has 11 atom stereocenters. The minimum absolute atomic E-state index is 0.109. The van der Waals surface area contributed by atoms with E-state index in [1.165, 1.54) is 27.9 Å². The van der Waals surface area contributed by atoms with Gasteiger partial charge in [0.2, 0.25) is 5.91 Å². The zero-order valence-electron chi connectivity index (χ0n) is 27.4. The molecule has 0 spiro atoms. The molecule has 0 aliphatic carbocycles. The highest BCUT2D eigenvalue weighted by molar-refractivity contribution is 5.92. The summed E-state index contributed by atoms with van der Waals surface area (Å²) in [7, 11) is 1.46. The number of methoxy groups -OCH3 is 1. The van der Waals surface area contributed by atoms with Crippen LogP contribution in [-0.2, 0) is 68.4 Å². The zero-order valence-corrected chi connectivity index (χ0v) is 27.4.